The highest BCUT2D eigenvalue weighted by atomic mass is 16.2. The second kappa shape index (κ2) is 9.09. The SMILES string of the molecule is CC(C)c1ccc(CN2CCC[C@]3(CCC(=O)N3CC(=O)N3CCCC3)CC2)cc1. The van der Waals surface area contributed by atoms with Gasteiger partial charge in [-0.05, 0) is 62.1 Å². The van der Waals surface area contributed by atoms with Gasteiger partial charge in [0, 0.05) is 38.1 Å². The normalized spacial score (nSPS) is 25.5. The second-order valence-electron chi connectivity index (χ2n) is 9.82. The van der Waals surface area contributed by atoms with Gasteiger partial charge in [0.2, 0.25) is 11.8 Å². The Labute approximate surface area is 181 Å². The number of benzene rings is 1. The molecular formula is C25H37N3O2. The van der Waals surface area contributed by atoms with Crippen LogP contribution in [0.3, 0.4) is 0 Å². The van der Waals surface area contributed by atoms with Crippen LogP contribution in [0.25, 0.3) is 0 Å². The summed E-state index contributed by atoms with van der Waals surface area (Å²) in [6.07, 6.45) is 6.80. The third kappa shape index (κ3) is 4.56. The van der Waals surface area contributed by atoms with E-state index in [2.05, 4.69) is 43.0 Å². The molecule has 3 aliphatic heterocycles. The minimum atomic E-state index is -0.108. The molecule has 1 aromatic carbocycles. The molecule has 3 aliphatic rings. The van der Waals surface area contributed by atoms with Gasteiger partial charge in [0.1, 0.15) is 6.54 Å². The van der Waals surface area contributed by atoms with Crippen LogP contribution in [0, 0.1) is 0 Å². The van der Waals surface area contributed by atoms with Crippen molar-refractivity contribution in [1.29, 1.82) is 0 Å². The summed E-state index contributed by atoms with van der Waals surface area (Å²) in [5.41, 5.74) is 2.64. The Morgan fingerprint density at radius 2 is 1.70 bits per heavy atom. The van der Waals surface area contributed by atoms with Gasteiger partial charge < -0.3 is 9.80 Å². The fourth-order valence-electron chi connectivity index (χ4n) is 5.51. The number of rotatable bonds is 5. The van der Waals surface area contributed by atoms with Crippen molar-refractivity contribution in [2.45, 2.75) is 76.8 Å². The van der Waals surface area contributed by atoms with Gasteiger partial charge in [0.15, 0.2) is 0 Å². The standard InChI is InChI=1S/C25H37N3O2/c1-20(2)22-8-6-21(7-9-22)18-26-14-5-11-25(13-17-26)12-10-23(29)28(25)19-24(30)27-15-3-4-16-27/h6-9,20H,3-5,10-19H2,1-2H3/t25-/m0/s1. The topological polar surface area (TPSA) is 43.9 Å². The molecule has 0 aliphatic carbocycles. The fourth-order valence-corrected chi connectivity index (χ4v) is 5.51. The molecule has 30 heavy (non-hydrogen) atoms. The van der Waals surface area contributed by atoms with Gasteiger partial charge >= 0.3 is 0 Å². The maximum atomic E-state index is 12.8. The summed E-state index contributed by atoms with van der Waals surface area (Å²) >= 11 is 0. The highest BCUT2D eigenvalue weighted by Gasteiger charge is 2.46. The third-order valence-corrected chi connectivity index (χ3v) is 7.49. The summed E-state index contributed by atoms with van der Waals surface area (Å²) in [5, 5.41) is 0. The average molecular weight is 412 g/mol. The van der Waals surface area contributed by atoms with E-state index in [0.717, 1.165) is 71.2 Å². The molecule has 1 atom stereocenters. The van der Waals surface area contributed by atoms with E-state index >= 15 is 0 Å². The lowest BCUT2D eigenvalue weighted by Gasteiger charge is -2.38. The lowest BCUT2D eigenvalue weighted by molar-refractivity contribution is -0.141. The fraction of sp³-hybridized carbons (Fsp3) is 0.680. The predicted molar refractivity (Wildman–Crippen MR) is 119 cm³/mol. The van der Waals surface area contributed by atoms with Crippen LogP contribution in [0.1, 0.15) is 75.8 Å². The van der Waals surface area contributed by atoms with Gasteiger partial charge in [-0.1, -0.05) is 38.1 Å². The zero-order chi connectivity index (χ0) is 21.1. The van der Waals surface area contributed by atoms with Crippen LogP contribution in [0.15, 0.2) is 24.3 Å². The average Bonchev–Trinajstić information content (AvgIpc) is 3.32. The number of likely N-dealkylation sites (tertiary alicyclic amines) is 3. The van der Waals surface area contributed by atoms with Crippen molar-refractivity contribution in [3.05, 3.63) is 35.4 Å². The second-order valence-corrected chi connectivity index (χ2v) is 9.82. The Morgan fingerprint density at radius 3 is 2.40 bits per heavy atom. The molecule has 0 radical (unpaired) electrons. The van der Waals surface area contributed by atoms with E-state index < -0.39 is 0 Å². The van der Waals surface area contributed by atoms with Crippen LogP contribution in [0.4, 0.5) is 0 Å². The first-order chi connectivity index (χ1) is 14.5. The van der Waals surface area contributed by atoms with Crippen LogP contribution >= 0.6 is 0 Å². The molecule has 0 saturated carbocycles. The van der Waals surface area contributed by atoms with Crippen molar-refractivity contribution >= 4 is 11.8 Å². The Balaban J connectivity index is 1.38. The summed E-state index contributed by atoms with van der Waals surface area (Å²) in [6.45, 7) is 9.49. The molecule has 164 valence electrons. The molecule has 5 nitrogen and oxygen atoms in total. The molecule has 1 aromatic rings. The lowest BCUT2D eigenvalue weighted by Crippen LogP contribution is -2.51. The zero-order valence-corrected chi connectivity index (χ0v) is 18.7. The Hall–Kier alpha value is -1.88. The van der Waals surface area contributed by atoms with Crippen LogP contribution in [0.5, 0.6) is 0 Å². The minimum Gasteiger partial charge on any atom is -0.341 e. The molecule has 3 heterocycles. The van der Waals surface area contributed by atoms with Crippen LogP contribution < -0.4 is 0 Å². The Morgan fingerprint density at radius 1 is 0.967 bits per heavy atom. The third-order valence-electron chi connectivity index (χ3n) is 7.49. The minimum absolute atomic E-state index is 0.108. The Bertz CT molecular complexity index is 754. The largest absolute Gasteiger partial charge is 0.341 e. The molecule has 0 aromatic heterocycles. The van der Waals surface area contributed by atoms with Crippen molar-refractivity contribution in [3.63, 3.8) is 0 Å². The predicted octanol–water partition coefficient (Wildman–Crippen LogP) is 3.78. The van der Waals surface area contributed by atoms with Crippen molar-refractivity contribution < 1.29 is 9.59 Å². The van der Waals surface area contributed by atoms with Crippen LogP contribution in [-0.4, -0.2) is 64.8 Å². The van der Waals surface area contributed by atoms with E-state index in [4.69, 9.17) is 0 Å². The van der Waals surface area contributed by atoms with Gasteiger partial charge in [-0.2, -0.15) is 0 Å². The van der Waals surface area contributed by atoms with E-state index in [1.54, 1.807) is 0 Å². The first-order valence-electron chi connectivity index (χ1n) is 11.9. The summed E-state index contributed by atoms with van der Waals surface area (Å²) in [7, 11) is 0. The first-order valence-corrected chi connectivity index (χ1v) is 11.9. The number of carbonyl (C=O) groups is 2. The van der Waals surface area contributed by atoms with Gasteiger partial charge in [-0.15, -0.1) is 0 Å². The number of nitrogens with zero attached hydrogens (tertiary/aromatic N) is 3. The number of hydrogen-bond acceptors (Lipinski definition) is 3. The first kappa shape index (κ1) is 21.4. The number of amides is 2. The summed E-state index contributed by atoms with van der Waals surface area (Å²) in [5.74, 6) is 0.889. The molecule has 2 amide bonds. The zero-order valence-electron chi connectivity index (χ0n) is 18.7. The molecule has 4 rings (SSSR count). The molecule has 3 fully saturated rings. The maximum absolute atomic E-state index is 12.8. The summed E-state index contributed by atoms with van der Waals surface area (Å²) in [6, 6.07) is 9.02. The van der Waals surface area contributed by atoms with Gasteiger partial charge in [0.25, 0.3) is 0 Å². The van der Waals surface area contributed by atoms with Crippen molar-refractivity contribution in [1.82, 2.24) is 14.7 Å². The monoisotopic (exact) mass is 411 g/mol. The van der Waals surface area contributed by atoms with Crippen molar-refractivity contribution in [2.75, 3.05) is 32.7 Å². The lowest BCUT2D eigenvalue weighted by atomic mass is 9.87. The maximum Gasteiger partial charge on any atom is 0.242 e. The van der Waals surface area contributed by atoms with Crippen molar-refractivity contribution in [2.24, 2.45) is 0 Å². The molecule has 3 saturated heterocycles. The molecule has 5 heteroatoms. The quantitative estimate of drug-likeness (QED) is 0.741. The van der Waals surface area contributed by atoms with Crippen LogP contribution in [-0.2, 0) is 16.1 Å². The Kier molecular flexibility index (Phi) is 6.47. The smallest absolute Gasteiger partial charge is 0.242 e. The van der Waals surface area contributed by atoms with Gasteiger partial charge in [-0.25, -0.2) is 0 Å². The number of hydrogen-bond donors (Lipinski definition) is 0. The van der Waals surface area contributed by atoms with E-state index in [1.807, 2.05) is 9.80 Å². The molecule has 0 N–H and O–H groups in total. The van der Waals surface area contributed by atoms with Gasteiger partial charge in [-0.3, -0.25) is 14.5 Å². The van der Waals surface area contributed by atoms with E-state index in [0.29, 0.717) is 12.3 Å². The number of carbonyl (C=O) groups excluding carboxylic acids is 2. The summed E-state index contributed by atoms with van der Waals surface area (Å²) in [4.78, 5) is 31.9. The highest BCUT2D eigenvalue weighted by molar-refractivity contribution is 5.87. The van der Waals surface area contributed by atoms with E-state index in [1.165, 1.54) is 11.1 Å². The molecule has 0 bridgehead atoms. The van der Waals surface area contributed by atoms with Crippen LogP contribution in [0.2, 0.25) is 0 Å². The molecule has 1 spiro atoms. The van der Waals surface area contributed by atoms with E-state index in [9.17, 15) is 9.59 Å². The summed E-state index contributed by atoms with van der Waals surface area (Å²) < 4.78 is 0. The highest BCUT2D eigenvalue weighted by Crippen LogP contribution is 2.39. The van der Waals surface area contributed by atoms with Crippen molar-refractivity contribution in [3.8, 4) is 0 Å². The van der Waals surface area contributed by atoms with Gasteiger partial charge in [0.05, 0.1) is 0 Å². The molecular weight excluding hydrogens is 374 g/mol. The molecule has 0 unspecified atom stereocenters. The van der Waals surface area contributed by atoms with E-state index in [-0.39, 0.29) is 23.9 Å².